The van der Waals surface area contributed by atoms with Gasteiger partial charge in [0.25, 0.3) is 0 Å². The van der Waals surface area contributed by atoms with Crippen molar-refractivity contribution in [3.05, 3.63) is 54.2 Å². The summed E-state index contributed by atoms with van der Waals surface area (Å²) in [5.41, 5.74) is 10.4. The molecule has 1 saturated carbocycles. The maximum absolute atomic E-state index is 5.92. The molecule has 3 N–H and O–H groups in total. The number of pyridine rings is 1. The van der Waals surface area contributed by atoms with E-state index in [9.17, 15) is 0 Å². The topological polar surface area (TPSA) is 50.9 Å². The van der Waals surface area contributed by atoms with Gasteiger partial charge in [0.2, 0.25) is 0 Å². The van der Waals surface area contributed by atoms with E-state index in [4.69, 9.17) is 5.73 Å². The summed E-state index contributed by atoms with van der Waals surface area (Å²) in [4.78, 5) is 4.12. The number of nitrogens with one attached hydrogen (secondary N) is 1. The van der Waals surface area contributed by atoms with E-state index in [1.165, 1.54) is 31.2 Å². The first-order valence-corrected chi connectivity index (χ1v) is 7.97. The molecule has 1 aliphatic rings. The Balaban J connectivity index is 1.73. The lowest BCUT2D eigenvalue weighted by Gasteiger charge is -2.13. The van der Waals surface area contributed by atoms with Crippen molar-refractivity contribution in [3.8, 4) is 11.1 Å². The minimum absolute atomic E-state index is 0.527. The number of anilines is 1. The summed E-state index contributed by atoms with van der Waals surface area (Å²) in [5.74, 6) is 0.527. The van der Waals surface area contributed by atoms with Crippen LogP contribution in [0.15, 0.2) is 43.1 Å². The minimum Gasteiger partial charge on any atom is -0.383 e. The van der Waals surface area contributed by atoms with Crippen LogP contribution in [0.3, 0.4) is 0 Å². The van der Waals surface area contributed by atoms with Crippen molar-refractivity contribution >= 4 is 11.9 Å². The lowest BCUT2D eigenvalue weighted by molar-refractivity contribution is 0.524. The molecule has 114 valence electrons. The first-order chi connectivity index (χ1) is 10.8. The van der Waals surface area contributed by atoms with Gasteiger partial charge in [-0.1, -0.05) is 49.8 Å². The fraction of sp³-hybridized carbons (Fsp3) is 0.316. The van der Waals surface area contributed by atoms with Gasteiger partial charge in [-0.2, -0.15) is 0 Å². The Labute approximate surface area is 132 Å². The van der Waals surface area contributed by atoms with Crippen LogP contribution in [0.4, 0.5) is 5.82 Å². The molecule has 1 aromatic carbocycles. The van der Waals surface area contributed by atoms with Gasteiger partial charge in [0, 0.05) is 24.3 Å². The van der Waals surface area contributed by atoms with E-state index in [1.54, 1.807) is 12.3 Å². The number of aromatic nitrogens is 1. The quantitative estimate of drug-likeness (QED) is 0.876. The second-order valence-electron chi connectivity index (χ2n) is 5.92. The Morgan fingerprint density at radius 2 is 1.91 bits per heavy atom. The number of hydrogen-bond donors (Lipinski definition) is 2. The zero-order valence-electron chi connectivity index (χ0n) is 12.9. The number of rotatable bonds is 5. The van der Waals surface area contributed by atoms with Gasteiger partial charge in [0.1, 0.15) is 5.82 Å². The Kier molecular flexibility index (Phi) is 4.54. The monoisotopic (exact) mass is 293 g/mol. The molecule has 0 amide bonds. The zero-order valence-corrected chi connectivity index (χ0v) is 12.9. The molecule has 0 saturated heterocycles. The molecule has 0 aliphatic heterocycles. The Bertz CT molecular complexity index is 640. The first kappa shape index (κ1) is 14.8. The second kappa shape index (κ2) is 6.75. The van der Waals surface area contributed by atoms with Crippen LogP contribution >= 0.6 is 0 Å². The van der Waals surface area contributed by atoms with Gasteiger partial charge in [0.05, 0.1) is 0 Å². The van der Waals surface area contributed by atoms with Gasteiger partial charge < -0.3 is 11.1 Å². The third-order valence-corrected chi connectivity index (χ3v) is 4.44. The highest BCUT2D eigenvalue weighted by Crippen LogP contribution is 2.27. The fourth-order valence-electron chi connectivity index (χ4n) is 3.15. The number of nitrogens with two attached hydrogens (primary N) is 1. The lowest BCUT2D eigenvalue weighted by atomic mass is 9.99. The van der Waals surface area contributed by atoms with Crippen molar-refractivity contribution in [3.63, 3.8) is 0 Å². The molecule has 3 heteroatoms. The van der Waals surface area contributed by atoms with E-state index in [-0.39, 0.29) is 0 Å². The average molecular weight is 293 g/mol. The molecule has 2 aromatic rings. The van der Waals surface area contributed by atoms with Crippen LogP contribution in [-0.4, -0.2) is 11.0 Å². The fourth-order valence-corrected chi connectivity index (χ4v) is 3.15. The highest BCUT2D eigenvalue weighted by atomic mass is 14.9. The predicted molar refractivity (Wildman–Crippen MR) is 93.3 cm³/mol. The second-order valence-corrected chi connectivity index (χ2v) is 5.92. The SMILES string of the molecule is C=Cc1c(-c2ccc(CNC3CCCC3)cc2)ccnc1N. The van der Waals surface area contributed by atoms with Crippen LogP contribution in [0.2, 0.25) is 0 Å². The molecule has 3 nitrogen and oxygen atoms in total. The van der Waals surface area contributed by atoms with E-state index in [1.807, 2.05) is 6.07 Å². The van der Waals surface area contributed by atoms with E-state index in [2.05, 4.69) is 41.1 Å². The van der Waals surface area contributed by atoms with Crippen LogP contribution in [0.25, 0.3) is 17.2 Å². The number of hydrogen-bond acceptors (Lipinski definition) is 3. The third-order valence-electron chi connectivity index (χ3n) is 4.44. The largest absolute Gasteiger partial charge is 0.383 e. The van der Waals surface area contributed by atoms with E-state index in [0.29, 0.717) is 11.9 Å². The molecule has 0 unspecified atom stereocenters. The van der Waals surface area contributed by atoms with Crippen molar-refractivity contribution in [1.29, 1.82) is 0 Å². The van der Waals surface area contributed by atoms with E-state index in [0.717, 1.165) is 23.2 Å². The number of benzene rings is 1. The lowest BCUT2D eigenvalue weighted by Crippen LogP contribution is -2.25. The van der Waals surface area contributed by atoms with Crippen molar-refractivity contribution in [2.24, 2.45) is 0 Å². The smallest absolute Gasteiger partial charge is 0.131 e. The molecule has 1 fully saturated rings. The van der Waals surface area contributed by atoms with Gasteiger partial charge >= 0.3 is 0 Å². The number of nitrogens with zero attached hydrogens (tertiary/aromatic N) is 1. The van der Waals surface area contributed by atoms with Crippen molar-refractivity contribution < 1.29 is 0 Å². The van der Waals surface area contributed by atoms with Crippen LogP contribution in [-0.2, 0) is 6.54 Å². The van der Waals surface area contributed by atoms with Crippen LogP contribution in [0.5, 0.6) is 0 Å². The van der Waals surface area contributed by atoms with Gasteiger partial charge in [-0.05, 0) is 35.6 Å². The summed E-state index contributed by atoms with van der Waals surface area (Å²) in [6, 6.07) is 11.3. The summed E-state index contributed by atoms with van der Waals surface area (Å²) < 4.78 is 0. The van der Waals surface area contributed by atoms with Crippen molar-refractivity contribution in [1.82, 2.24) is 10.3 Å². The summed E-state index contributed by atoms with van der Waals surface area (Å²) in [6.45, 7) is 4.78. The summed E-state index contributed by atoms with van der Waals surface area (Å²) in [7, 11) is 0. The average Bonchev–Trinajstić information content (AvgIpc) is 3.07. The highest BCUT2D eigenvalue weighted by molar-refractivity contribution is 5.79. The molecule has 0 spiro atoms. The van der Waals surface area contributed by atoms with E-state index >= 15 is 0 Å². The van der Waals surface area contributed by atoms with Crippen molar-refractivity contribution in [2.45, 2.75) is 38.3 Å². The normalized spacial score (nSPS) is 15.1. The van der Waals surface area contributed by atoms with Crippen LogP contribution in [0.1, 0.15) is 36.8 Å². The summed E-state index contributed by atoms with van der Waals surface area (Å²) in [6.07, 6.45) is 8.88. The third kappa shape index (κ3) is 3.20. The maximum atomic E-state index is 5.92. The van der Waals surface area contributed by atoms with Gasteiger partial charge in [-0.25, -0.2) is 4.98 Å². The highest BCUT2D eigenvalue weighted by Gasteiger charge is 2.13. The minimum atomic E-state index is 0.527. The zero-order chi connectivity index (χ0) is 15.4. The van der Waals surface area contributed by atoms with E-state index < -0.39 is 0 Å². The van der Waals surface area contributed by atoms with Crippen molar-refractivity contribution in [2.75, 3.05) is 5.73 Å². The molecule has 0 bridgehead atoms. The van der Waals surface area contributed by atoms with Gasteiger partial charge in [-0.3, -0.25) is 0 Å². The first-order valence-electron chi connectivity index (χ1n) is 7.97. The standard InChI is InChI=1S/C19H23N3/c1-2-17-18(11-12-21-19(17)20)15-9-7-14(8-10-15)13-22-16-5-3-4-6-16/h2,7-12,16,22H,1,3-6,13H2,(H2,20,21). The molecular weight excluding hydrogens is 270 g/mol. The van der Waals surface area contributed by atoms with Gasteiger partial charge in [-0.15, -0.1) is 0 Å². The molecule has 1 heterocycles. The predicted octanol–water partition coefficient (Wildman–Crippen LogP) is 4.01. The van der Waals surface area contributed by atoms with Gasteiger partial charge in [0.15, 0.2) is 0 Å². The van der Waals surface area contributed by atoms with Crippen LogP contribution < -0.4 is 11.1 Å². The Hall–Kier alpha value is -2.13. The molecule has 22 heavy (non-hydrogen) atoms. The Morgan fingerprint density at radius 3 is 2.59 bits per heavy atom. The maximum Gasteiger partial charge on any atom is 0.131 e. The number of nitrogen functional groups attached to an aromatic ring is 1. The summed E-state index contributed by atoms with van der Waals surface area (Å²) in [5, 5.41) is 3.64. The molecule has 0 atom stereocenters. The molecule has 1 aliphatic carbocycles. The molecular formula is C19H23N3. The van der Waals surface area contributed by atoms with Crippen LogP contribution in [0, 0.1) is 0 Å². The summed E-state index contributed by atoms with van der Waals surface area (Å²) >= 11 is 0. The molecule has 3 rings (SSSR count). The molecule has 1 aromatic heterocycles. The molecule has 0 radical (unpaired) electrons. The Morgan fingerprint density at radius 1 is 1.18 bits per heavy atom.